The van der Waals surface area contributed by atoms with E-state index < -0.39 is 24.2 Å². The third-order valence-electron chi connectivity index (χ3n) is 4.41. The highest BCUT2D eigenvalue weighted by Crippen LogP contribution is 2.44. The SMILES string of the molecule is O=C(Nc1ccc(Cl)cc1)c1cc2n(n1)C(C(F)(F)F)CC(c1cccs1)N2. The van der Waals surface area contributed by atoms with Crippen LogP contribution in [0, 0.1) is 0 Å². The molecule has 0 saturated heterocycles. The fourth-order valence-electron chi connectivity index (χ4n) is 3.09. The van der Waals surface area contributed by atoms with E-state index in [0.29, 0.717) is 10.7 Å². The zero-order valence-corrected chi connectivity index (χ0v) is 15.8. The molecule has 3 heterocycles. The number of nitrogens with one attached hydrogen (secondary N) is 2. The number of alkyl halides is 3. The molecule has 0 saturated carbocycles. The molecule has 28 heavy (non-hydrogen) atoms. The summed E-state index contributed by atoms with van der Waals surface area (Å²) in [5.74, 6) is -0.437. The van der Waals surface area contributed by atoms with Gasteiger partial charge in [-0.3, -0.25) is 4.79 Å². The summed E-state index contributed by atoms with van der Waals surface area (Å²) in [6.07, 6.45) is -4.68. The highest BCUT2D eigenvalue weighted by Gasteiger charge is 2.47. The molecule has 0 radical (unpaired) electrons. The zero-order valence-electron chi connectivity index (χ0n) is 14.2. The first kappa shape index (κ1) is 18.8. The van der Waals surface area contributed by atoms with Crippen LogP contribution in [0.15, 0.2) is 47.8 Å². The Bertz CT molecular complexity index is 985. The predicted octanol–water partition coefficient (Wildman–Crippen LogP) is 5.51. The fourth-order valence-corrected chi connectivity index (χ4v) is 4.01. The lowest BCUT2D eigenvalue weighted by atomic mass is 10.0. The van der Waals surface area contributed by atoms with Crippen LogP contribution in [-0.4, -0.2) is 21.9 Å². The maximum absolute atomic E-state index is 13.6. The lowest BCUT2D eigenvalue weighted by Gasteiger charge is -2.32. The third-order valence-corrected chi connectivity index (χ3v) is 5.65. The second-order valence-corrected chi connectivity index (χ2v) is 7.74. The van der Waals surface area contributed by atoms with Crippen LogP contribution in [0.4, 0.5) is 24.7 Å². The molecule has 1 aliphatic rings. The maximum atomic E-state index is 13.6. The molecule has 0 spiro atoms. The molecule has 5 nitrogen and oxygen atoms in total. The minimum atomic E-state index is -4.48. The van der Waals surface area contributed by atoms with E-state index in [2.05, 4.69) is 15.7 Å². The van der Waals surface area contributed by atoms with Gasteiger partial charge in [-0.25, -0.2) is 4.68 Å². The van der Waals surface area contributed by atoms with Gasteiger partial charge in [-0.05, 0) is 35.7 Å². The summed E-state index contributed by atoms with van der Waals surface area (Å²) in [7, 11) is 0. The van der Waals surface area contributed by atoms with E-state index in [4.69, 9.17) is 11.6 Å². The Labute approximate surface area is 167 Å². The summed E-state index contributed by atoms with van der Waals surface area (Å²) in [4.78, 5) is 13.3. The number of carbonyl (C=O) groups is 1. The Morgan fingerprint density at radius 2 is 2.04 bits per heavy atom. The van der Waals surface area contributed by atoms with Crippen LogP contribution >= 0.6 is 22.9 Å². The Kier molecular flexibility index (Phi) is 4.80. The molecule has 4 rings (SSSR count). The summed E-state index contributed by atoms with van der Waals surface area (Å²) in [5.41, 5.74) is 0.371. The van der Waals surface area contributed by atoms with Gasteiger partial charge in [0.2, 0.25) is 0 Å². The monoisotopic (exact) mass is 426 g/mol. The molecule has 1 amide bonds. The summed E-state index contributed by atoms with van der Waals surface area (Å²) in [5, 5.41) is 11.9. The first-order valence-electron chi connectivity index (χ1n) is 8.34. The summed E-state index contributed by atoms with van der Waals surface area (Å²) < 4.78 is 41.7. The molecular weight excluding hydrogens is 413 g/mol. The van der Waals surface area contributed by atoms with Crippen LogP contribution in [0.1, 0.15) is 33.9 Å². The molecule has 2 N–H and O–H groups in total. The third kappa shape index (κ3) is 3.72. The number of nitrogens with zero attached hydrogens (tertiary/aromatic N) is 2. The summed E-state index contributed by atoms with van der Waals surface area (Å²) in [6.45, 7) is 0. The molecule has 2 atom stereocenters. The number of halogens is 4. The normalized spacial score (nSPS) is 19.0. The Hall–Kier alpha value is -2.52. The van der Waals surface area contributed by atoms with Gasteiger partial charge >= 0.3 is 6.18 Å². The largest absolute Gasteiger partial charge is 0.410 e. The average molecular weight is 427 g/mol. The van der Waals surface area contributed by atoms with Gasteiger partial charge in [0.05, 0.1) is 6.04 Å². The molecule has 1 aromatic carbocycles. The molecule has 146 valence electrons. The highest BCUT2D eigenvalue weighted by molar-refractivity contribution is 7.10. The van der Waals surface area contributed by atoms with E-state index in [1.807, 2.05) is 5.38 Å². The average Bonchev–Trinajstić information content (AvgIpc) is 3.31. The minimum Gasteiger partial charge on any atom is -0.363 e. The van der Waals surface area contributed by atoms with Crippen molar-refractivity contribution in [3.63, 3.8) is 0 Å². The van der Waals surface area contributed by atoms with Gasteiger partial charge in [-0.2, -0.15) is 18.3 Å². The van der Waals surface area contributed by atoms with Crippen molar-refractivity contribution in [2.75, 3.05) is 10.6 Å². The molecule has 1 aliphatic heterocycles. The van der Waals surface area contributed by atoms with Crippen LogP contribution in [0.5, 0.6) is 0 Å². The van der Waals surface area contributed by atoms with Gasteiger partial charge in [0.1, 0.15) is 5.82 Å². The Morgan fingerprint density at radius 1 is 1.29 bits per heavy atom. The lowest BCUT2D eigenvalue weighted by Crippen LogP contribution is -2.35. The Morgan fingerprint density at radius 3 is 2.68 bits per heavy atom. The quantitative estimate of drug-likeness (QED) is 0.580. The molecule has 10 heteroatoms. The molecular formula is C18H14ClF3N4OS. The van der Waals surface area contributed by atoms with Gasteiger partial charge in [0.25, 0.3) is 5.91 Å². The molecule has 3 aromatic rings. The zero-order chi connectivity index (χ0) is 19.9. The van der Waals surface area contributed by atoms with Crippen LogP contribution in [0.2, 0.25) is 5.02 Å². The van der Waals surface area contributed by atoms with Gasteiger partial charge in [-0.15, -0.1) is 11.3 Å². The predicted molar refractivity (Wildman–Crippen MR) is 102 cm³/mol. The number of hydrogen-bond donors (Lipinski definition) is 2. The first-order valence-corrected chi connectivity index (χ1v) is 9.60. The molecule has 2 aromatic heterocycles. The number of thiophene rings is 1. The van der Waals surface area contributed by atoms with E-state index in [-0.39, 0.29) is 17.9 Å². The van der Waals surface area contributed by atoms with E-state index in [1.165, 1.54) is 17.4 Å². The summed E-state index contributed by atoms with van der Waals surface area (Å²) in [6, 6.07) is 9.00. The van der Waals surface area contributed by atoms with Gasteiger partial charge in [0.15, 0.2) is 11.7 Å². The molecule has 0 aliphatic carbocycles. The standard InChI is InChI=1S/C18H14ClF3N4OS/c19-10-3-5-11(6-4-10)23-17(27)13-9-16-24-12(14-2-1-7-28-14)8-15(18(20,21)22)26(16)25-13/h1-7,9,12,15,24H,8H2,(H,23,27). The van der Waals surface area contributed by atoms with Gasteiger partial charge in [0, 0.05) is 28.1 Å². The second-order valence-electron chi connectivity index (χ2n) is 6.33. The lowest BCUT2D eigenvalue weighted by molar-refractivity contribution is -0.173. The molecule has 0 fully saturated rings. The Balaban J connectivity index is 1.63. The number of amides is 1. The van der Waals surface area contributed by atoms with E-state index in [1.54, 1.807) is 36.4 Å². The van der Waals surface area contributed by atoms with Crippen LogP contribution in [0.25, 0.3) is 0 Å². The van der Waals surface area contributed by atoms with Crippen molar-refractivity contribution in [3.05, 3.63) is 63.4 Å². The van der Waals surface area contributed by atoms with E-state index in [9.17, 15) is 18.0 Å². The van der Waals surface area contributed by atoms with E-state index in [0.717, 1.165) is 9.56 Å². The first-order chi connectivity index (χ1) is 13.3. The number of aromatic nitrogens is 2. The number of benzene rings is 1. The van der Waals surface area contributed by atoms with Crippen molar-refractivity contribution >= 4 is 40.4 Å². The van der Waals surface area contributed by atoms with Crippen molar-refractivity contribution < 1.29 is 18.0 Å². The highest BCUT2D eigenvalue weighted by atomic mass is 35.5. The molecule has 2 unspecified atom stereocenters. The van der Waals surface area contributed by atoms with Crippen LogP contribution < -0.4 is 10.6 Å². The fraction of sp³-hybridized carbons (Fsp3) is 0.222. The van der Waals surface area contributed by atoms with Gasteiger partial charge in [-0.1, -0.05) is 17.7 Å². The number of carbonyl (C=O) groups excluding carboxylic acids is 1. The van der Waals surface area contributed by atoms with Crippen LogP contribution in [-0.2, 0) is 0 Å². The summed E-state index contributed by atoms with van der Waals surface area (Å²) >= 11 is 7.19. The van der Waals surface area contributed by atoms with Crippen molar-refractivity contribution in [1.82, 2.24) is 9.78 Å². The van der Waals surface area contributed by atoms with Crippen molar-refractivity contribution in [1.29, 1.82) is 0 Å². The smallest absolute Gasteiger partial charge is 0.363 e. The van der Waals surface area contributed by atoms with Crippen molar-refractivity contribution in [2.24, 2.45) is 0 Å². The van der Waals surface area contributed by atoms with Gasteiger partial charge < -0.3 is 10.6 Å². The number of fused-ring (bicyclic) bond motifs is 1. The second kappa shape index (κ2) is 7.14. The van der Waals surface area contributed by atoms with E-state index >= 15 is 0 Å². The number of rotatable bonds is 3. The minimum absolute atomic E-state index is 0.0986. The van der Waals surface area contributed by atoms with Crippen LogP contribution in [0.3, 0.4) is 0 Å². The maximum Gasteiger partial charge on any atom is 0.410 e. The molecule has 0 bridgehead atoms. The van der Waals surface area contributed by atoms with Crippen molar-refractivity contribution in [3.8, 4) is 0 Å². The topological polar surface area (TPSA) is 59.0 Å². The van der Waals surface area contributed by atoms with Crippen molar-refractivity contribution in [2.45, 2.75) is 24.7 Å². The number of anilines is 2. The number of hydrogen-bond acceptors (Lipinski definition) is 4.